The van der Waals surface area contributed by atoms with Crippen molar-refractivity contribution in [2.75, 3.05) is 19.8 Å². The summed E-state index contributed by atoms with van der Waals surface area (Å²) in [6, 6.07) is 8.09. The Labute approximate surface area is 190 Å². The summed E-state index contributed by atoms with van der Waals surface area (Å²) in [5, 5.41) is 8.32. The second kappa shape index (κ2) is 13.5. The van der Waals surface area contributed by atoms with Gasteiger partial charge < -0.3 is 25.4 Å². The second-order valence-electron chi connectivity index (χ2n) is 7.82. The molecule has 0 aromatic heterocycles. The van der Waals surface area contributed by atoms with Crippen LogP contribution in [0.3, 0.4) is 0 Å². The van der Waals surface area contributed by atoms with Gasteiger partial charge in [0.1, 0.15) is 12.1 Å². The van der Waals surface area contributed by atoms with Gasteiger partial charge >= 0.3 is 0 Å². The minimum atomic E-state index is -0.923. The number of carbonyl (C=O) groups is 3. The van der Waals surface area contributed by atoms with Gasteiger partial charge in [-0.3, -0.25) is 14.4 Å². The van der Waals surface area contributed by atoms with E-state index in [0.717, 1.165) is 18.4 Å². The molecule has 1 fully saturated rings. The predicted molar refractivity (Wildman–Crippen MR) is 122 cm³/mol. The van der Waals surface area contributed by atoms with Crippen LogP contribution in [-0.4, -0.2) is 55.5 Å². The smallest absolute Gasteiger partial charge is 0.289 e. The number of Topliss-reactive ketones (excluding diaryl/α,β-unsaturated/α-hetero) is 1. The van der Waals surface area contributed by atoms with Crippen LogP contribution in [0.1, 0.15) is 45.1 Å². The van der Waals surface area contributed by atoms with Crippen LogP contribution >= 0.6 is 0 Å². The van der Waals surface area contributed by atoms with E-state index in [1.165, 1.54) is 0 Å². The number of hydrogen-bond acceptors (Lipinski definition) is 6. The fraction of sp³-hybridized carbons (Fsp3) is 0.542. The molecule has 1 aliphatic heterocycles. The number of aryl methyl sites for hydroxylation is 1. The SMILES string of the molecule is C=C(N[C@@H](CCC)C(=O)N[C@@H](CCc1ccccc1)C(=O)C(=O)NCC)O[C@H]1CCOC1. The molecule has 3 atom stereocenters. The van der Waals surface area contributed by atoms with Crippen LogP contribution in [0.25, 0.3) is 0 Å². The number of likely N-dealkylation sites (N-methyl/N-ethyl adjacent to an activating group) is 1. The minimum absolute atomic E-state index is 0.0849. The molecule has 8 heteroatoms. The van der Waals surface area contributed by atoms with Crippen LogP contribution in [0.15, 0.2) is 42.8 Å². The first-order valence-corrected chi connectivity index (χ1v) is 11.3. The van der Waals surface area contributed by atoms with E-state index >= 15 is 0 Å². The maximum absolute atomic E-state index is 13.0. The number of hydrogen-bond donors (Lipinski definition) is 3. The molecule has 0 unspecified atom stereocenters. The van der Waals surface area contributed by atoms with Gasteiger partial charge in [0.2, 0.25) is 11.7 Å². The topological polar surface area (TPSA) is 106 Å². The Hall–Kier alpha value is -2.87. The van der Waals surface area contributed by atoms with Crippen molar-refractivity contribution in [3.63, 3.8) is 0 Å². The van der Waals surface area contributed by atoms with Crippen LogP contribution in [0.5, 0.6) is 0 Å². The summed E-state index contributed by atoms with van der Waals surface area (Å²) in [5.74, 6) is -1.41. The standard InChI is InChI=1S/C24H35N3O5/c1-4-9-21(26-17(3)32-19-14-15-31-16-19)23(29)27-20(22(28)24(30)25-5-2)13-12-18-10-7-6-8-11-18/h6-8,10-11,19-21,26H,3-5,9,12-16H2,1-2H3,(H,25,30)(H,27,29)/t19-,20-,21-/m0/s1. The molecule has 0 saturated carbocycles. The maximum atomic E-state index is 13.0. The van der Waals surface area contributed by atoms with Crippen LogP contribution in [-0.2, 0) is 30.3 Å². The highest BCUT2D eigenvalue weighted by Gasteiger charge is 2.29. The summed E-state index contributed by atoms with van der Waals surface area (Å²) >= 11 is 0. The Bertz CT molecular complexity index is 762. The predicted octanol–water partition coefficient (Wildman–Crippen LogP) is 1.84. The average molecular weight is 446 g/mol. The Kier molecular flexibility index (Phi) is 10.7. The zero-order valence-corrected chi connectivity index (χ0v) is 19.0. The zero-order chi connectivity index (χ0) is 23.3. The molecule has 1 heterocycles. The molecule has 1 saturated heterocycles. The molecule has 2 rings (SSSR count). The summed E-state index contributed by atoms with van der Waals surface area (Å²) in [6.45, 7) is 9.04. The highest BCUT2D eigenvalue weighted by atomic mass is 16.6. The van der Waals surface area contributed by atoms with Crippen molar-refractivity contribution in [1.29, 1.82) is 0 Å². The van der Waals surface area contributed by atoms with Crippen molar-refractivity contribution >= 4 is 17.6 Å². The maximum Gasteiger partial charge on any atom is 0.289 e. The Morgan fingerprint density at radius 1 is 1.12 bits per heavy atom. The van der Waals surface area contributed by atoms with E-state index in [4.69, 9.17) is 9.47 Å². The number of amides is 2. The van der Waals surface area contributed by atoms with Gasteiger partial charge in [-0.2, -0.15) is 0 Å². The lowest BCUT2D eigenvalue weighted by molar-refractivity contribution is -0.140. The molecule has 2 amide bonds. The molecule has 0 aliphatic carbocycles. The van der Waals surface area contributed by atoms with Crippen molar-refractivity contribution in [3.05, 3.63) is 48.4 Å². The van der Waals surface area contributed by atoms with Crippen molar-refractivity contribution in [3.8, 4) is 0 Å². The number of nitrogens with one attached hydrogen (secondary N) is 3. The molecule has 1 aromatic carbocycles. The van der Waals surface area contributed by atoms with Crippen LogP contribution < -0.4 is 16.0 Å². The molecule has 0 radical (unpaired) electrons. The summed E-state index contributed by atoms with van der Waals surface area (Å²) in [4.78, 5) is 37.9. The number of rotatable bonds is 14. The minimum Gasteiger partial charge on any atom is -0.474 e. The normalized spacial score (nSPS) is 17.1. The molecular weight excluding hydrogens is 410 g/mol. The monoisotopic (exact) mass is 445 g/mol. The molecular formula is C24H35N3O5. The lowest BCUT2D eigenvalue weighted by Gasteiger charge is -2.24. The fourth-order valence-corrected chi connectivity index (χ4v) is 3.50. The fourth-order valence-electron chi connectivity index (χ4n) is 3.50. The summed E-state index contributed by atoms with van der Waals surface area (Å²) in [6.07, 6.45) is 2.83. The van der Waals surface area contributed by atoms with E-state index in [-0.39, 0.29) is 12.0 Å². The molecule has 1 aliphatic rings. The quantitative estimate of drug-likeness (QED) is 0.298. The first-order valence-electron chi connectivity index (χ1n) is 11.3. The van der Waals surface area contributed by atoms with E-state index in [0.29, 0.717) is 44.9 Å². The first kappa shape index (κ1) is 25.4. The highest BCUT2D eigenvalue weighted by molar-refractivity contribution is 6.38. The van der Waals surface area contributed by atoms with E-state index in [1.807, 2.05) is 37.3 Å². The average Bonchev–Trinajstić information content (AvgIpc) is 3.29. The van der Waals surface area contributed by atoms with E-state index < -0.39 is 23.8 Å². The first-order chi connectivity index (χ1) is 15.4. The molecule has 0 bridgehead atoms. The largest absolute Gasteiger partial charge is 0.474 e. The Balaban J connectivity index is 2.03. The van der Waals surface area contributed by atoms with Crippen LogP contribution in [0, 0.1) is 0 Å². The summed E-state index contributed by atoms with van der Waals surface area (Å²) < 4.78 is 11.0. The van der Waals surface area contributed by atoms with Crippen LogP contribution in [0.4, 0.5) is 0 Å². The van der Waals surface area contributed by atoms with Gasteiger partial charge in [0.25, 0.3) is 5.91 Å². The van der Waals surface area contributed by atoms with E-state index in [9.17, 15) is 14.4 Å². The number of ketones is 1. The Morgan fingerprint density at radius 2 is 1.88 bits per heavy atom. The van der Waals surface area contributed by atoms with E-state index in [1.54, 1.807) is 6.92 Å². The summed E-state index contributed by atoms with van der Waals surface area (Å²) in [5.41, 5.74) is 1.03. The van der Waals surface area contributed by atoms with Gasteiger partial charge in [0.15, 0.2) is 5.88 Å². The van der Waals surface area contributed by atoms with Crippen LogP contribution in [0.2, 0.25) is 0 Å². The van der Waals surface area contributed by atoms with E-state index in [2.05, 4.69) is 22.5 Å². The van der Waals surface area contributed by atoms with Crippen molar-refractivity contribution in [2.24, 2.45) is 0 Å². The Morgan fingerprint density at radius 3 is 2.50 bits per heavy atom. The number of ether oxygens (including phenoxy) is 2. The molecule has 176 valence electrons. The van der Waals surface area contributed by atoms with Gasteiger partial charge in [0.05, 0.1) is 19.3 Å². The second-order valence-corrected chi connectivity index (χ2v) is 7.82. The van der Waals surface area contributed by atoms with Gasteiger partial charge in [-0.25, -0.2) is 0 Å². The third kappa shape index (κ3) is 8.34. The van der Waals surface area contributed by atoms with Crippen molar-refractivity contribution < 1.29 is 23.9 Å². The van der Waals surface area contributed by atoms with Crippen molar-refractivity contribution in [1.82, 2.24) is 16.0 Å². The lowest BCUT2D eigenvalue weighted by atomic mass is 10.0. The zero-order valence-electron chi connectivity index (χ0n) is 19.0. The van der Waals surface area contributed by atoms with Gasteiger partial charge in [-0.05, 0) is 38.3 Å². The lowest BCUT2D eigenvalue weighted by Crippen LogP contribution is -2.53. The molecule has 32 heavy (non-hydrogen) atoms. The number of benzene rings is 1. The van der Waals surface area contributed by atoms with Gasteiger partial charge in [0, 0.05) is 13.0 Å². The molecule has 8 nitrogen and oxygen atoms in total. The third-order valence-electron chi connectivity index (χ3n) is 5.18. The number of carbonyl (C=O) groups excluding carboxylic acids is 3. The molecule has 1 aromatic rings. The van der Waals surface area contributed by atoms with Crippen molar-refractivity contribution in [2.45, 2.75) is 64.1 Å². The molecule has 0 spiro atoms. The molecule has 3 N–H and O–H groups in total. The van der Waals surface area contributed by atoms with Gasteiger partial charge in [-0.1, -0.05) is 43.7 Å². The van der Waals surface area contributed by atoms with Gasteiger partial charge in [-0.15, -0.1) is 0 Å². The summed E-state index contributed by atoms with van der Waals surface area (Å²) in [7, 11) is 0. The third-order valence-corrected chi connectivity index (χ3v) is 5.18. The highest BCUT2D eigenvalue weighted by Crippen LogP contribution is 2.12.